The summed E-state index contributed by atoms with van der Waals surface area (Å²) in [7, 11) is -0.917. The third-order valence-corrected chi connectivity index (χ3v) is 7.92. The van der Waals surface area contributed by atoms with Gasteiger partial charge in [0.25, 0.3) is 0 Å². The molecular weight excluding hydrogens is 542 g/mol. The van der Waals surface area contributed by atoms with Crippen molar-refractivity contribution in [3.05, 3.63) is 90.0 Å². The molecule has 3 aromatic rings. The molecule has 220 valence electrons. The molecule has 2 amide bonds. The molecule has 0 heterocycles. The molecule has 0 unspecified atom stereocenters. The lowest BCUT2D eigenvalue weighted by Gasteiger charge is -2.34. The summed E-state index contributed by atoms with van der Waals surface area (Å²) in [6.45, 7) is 3.41. The fourth-order valence-corrected chi connectivity index (χ4v) is 5.25. The van der Waals surface area contributed by atoms with Crippen LogP contribution in [0, 0.1) is 0 Å². The van der Waals surface area contributed by atoms with Crippen LogP contribution in [0.2, 0.25) is 0 Å². The zero-order valence-corrected chi connectivity index (χ0v) is 25.1. The Kier molecular flexibility index (Phi) is 11.2. The molecule has 3 aromatic carbocycles. The van der Waals surface area contributed by atoms with E-state index in [1.165, 1.54) is 12.0 Å². The number of anilines is 1. The van der Waals surface area contributed by atoms with E-state index in [-0.39, 0.29) is 30.6 Å². The van der Waals surface area contributed by atoms with Crippen LogP contribution < -0.4 is 19.1 Å². The number of rotatable bonds is 14. The first-order valence-corrected chi connectivity index (χ1v) is 15.3. The van der Waals surface area contributed by atoms with Gasteiger partial charge in [-0.3, -0.25) is 13.9 Å². The number of sulfonamides is 1. The molecule has 0 spiro atoms. The Bertz CT molecular complexity index is 1410. The Balaban J connectivity index is 2.09. The van der Waals surface area contributed by atoms with Crippen molar-refractivity contribution < 1.29 is 27.5 Å². The van der Waals surface area contributed by atoms with E-state index in [0.29, 0.717) is 17.9 Å². The number of methoxy groups -OCH3 is 2. The average molecular weight is 582 g/mol. The number of carbonyl (C=O) groups is 2. The summed E-state index contributed by atoms with van der Waals surface area (Å²) < 4.78 is 37.8. The lowest BCUT2D eigenvalue weighted by molar-refractivity contribution is -0.140. The molecule has 2 atom stereocenters. The SMILES string of the molecule is CC[C@H](C)NC(=O)[C@@H](Cc1ccccc1)N(Cc1cccc(OC)c1)C(=O)CN(c1ccccc1OC)S(C)(=O)=O. The molecule has 0 aliphatic carbocycles. The first-order chi connectivity index (χ1) is 19.6. The van der Waals surface area contributed by atoms with Crippen molar-refractivity contribution in [3.8, 4) is 11.5 Å². The van der Waals surface area contributed by atoms with Gasteiger partial charge in [0, 0.05) is 19.0 Å². The van der Waals surface area contributed by atoms with Crippen LogP contribution in [0.3, 0.4) is 0 Å². The maximum atomic E-state index is 14.2. The van der Waals surface area contributed by atoms with Gasteiger partial charge in [0.2, 0.25) is 21.8 Å². The quantitative estimate of drug-likeness (QED) is 0.308. The smallest absolute Gasteiger partial charge is 0.244 e. The van der Waals surface area contributed by atoms with E-state index >= 15 is 0 Å². The Labute approximate surface area is 243 Å². The maximum Gasteiger partial charge on any atom is 0.244 e. The third-order valence-electron chi connectivity index (χ3n) is 6.79. The molecule has 0 fully saturated rings. The van der Waals surface area contributed by atoms with Crippen molar-refractivity contribution in [1.29, 1.82) is 0 Å². The predicted octanol–water partition coefficient (Wildman–Crippen LogP) is 4.02. The van der Waals surface area contributed by atoms with Crippen LogP contribution >= 0.6 is 0 Å². The molecule has 0 aromatic heterocycles. The number of hydrogen-bond donors (Lipinski definition) is 1. The highest BCUT2D eigenvalue weighted by Gasteiger charge is 2.34. The van der Waals surface area contributed by atoms with Crippen molar-refractivity contribution in [2.24, 2.45) is 0 Å². The molecule has 9 nitrogen and oxygen atoms in total. The first-order valence-electron chi connectivity index (χ1n) is 13.4. The predicted molar refractivity (Wildman–Crippen MR) is 161 cm³/mol. The van der Waals surface area contributed by atoms with Crippen LogP contribution in [0.15, 0.2) is 78.9 Å². The van der Waals surface area contributed by atoms with E-state index in [1.54, 1.807) is 49.6 Å². The standard InChI is InChI=1S/C31H39N3O6S/c1-6-23(2)32-31(36)28(20-24-13-8-7-9-14-24)33(21-25-15-12-16-26(19-25)39-3)30(35)22-34(41(5,37)38)27-17-10-11-18-29(27)40-4/h7-19,23,28H,6,20-22H2,1-5H3,(H,32,36)/t23-,28+/m0/s1. The van der Waals surface area contributed by atoms with Gasteiger partial charge in [-0.25, -0.2) is 8.42 Å². The first kappa shape index (κ1) is 31.5. The zero-order valence-electron chi connectivity index (χ0n) is 24.2. The average Bonchev–Trinajstić information content (AvgIpc) is 2.97. The molecule has 0 saturated carbocycles. The molecule has 0 bridgehead atoms. The second-order valence-electron chi connectivity index (χ2n) is 9.84. The summed E-state index contributed by atoms with van der Waals surface area (Å²) >= 11 is 0. The van der Waals surface area contributed by atoms with Crippen LogP contribution in [-0.4, -0.2) is 64.2 Å². The van der Waals surface area contributed by atoms with Gasteiger partial charge < -0.3 is 19.7 Å². The largest absolute Gasteiger partial charge is 0.497 e. The van der Waals surface area contributed by atoms with Gasteiger partial charge in [0.05, 0.1) is 26.2 Å². The minimum Gasteiger partial charge on any atom is -0.497 e. The summed E-state index contributed by atoms with van der Waals surface area (Å²) in [4.78, 5) is 29.4. The maximum absolute atomic E-state index is 14.2. The van der Waals surface area contributed by atoms with Gasteiger partial charge in [0.15, 0.2) is 0 Å². The minimum absolute atomic E-state index is 0.0605. The van der Waals surface area contributed by atoms with Crippen molar-refractivity contribution in [2.75, 3.05) is 31.3 Å². The fraction of sp³-hybridized carbons (Fsp3) is 0.355. The number of hydrogen-bond acceptors (Lipinski definition) is 6. The zero-order chi connectivity index (χ0) is 30.0. The molecule has 0 aliphatic heterocycles. The van der Waals surface area contributed by atoms with Crippen LogP contribution in [0.5, 0.6) is 11.5 Å². The van der Waals surface area contributed by atoms with Gasteiger partial charge in [-0.1, -0.05) is 61.5 Å². The fourth-order valence-electron chi connectivity index (χ4n) is 4.39. The Hall–Kier alpha value is -4.05. The Morgan fingerprint density at radius 1 is 0.902 bits per heavy atom. The van der Waals surface area contributed by atoms with Crippen molar-refractivity contribution in [1.82, 2.24) is 10.2 Å². The second-order valence-corrected chi connectivity index (χ2v) is 11.7. The van der Waals surface area contributed by atoms with Gasteiger partial charge in [-0.15, -0.1) is 0 Å². The van der Waals surface area contributed by atoms with Crippen LogP contribution in [0.25, 0.3) is 0 Å². The number of nitrogens with zero attached hydrogens (tertiary/aromatic N) is 2. The van der Waals surface area contributed by atoms with Gasteiger partial charge in [-0.05, 0) is 48.7 Å². The molecule has 3 rings (SSSR count). The summed E-state index contributed by atoms with van der Waals surface area (Å²) in [6, 6.07) is 22.2. The van der Waals surface area contributed by atoms with Crippen molar-refractivity contribution in [2.45, 2.75) is 45.3 Å². The van der Waals surface area contributed by atoms with Crippen LogP contribution in [0.1, 0.15) is 31.4 Å². The Morgan fingerprint density at radius 3 is 2.20 bits per heavy atom. The third kappa shape index (κ3) is 8.72. The lowest BCUT2D eigenvalue weighted by atomic mass is 10.0. The molecule has 41 heavy (non-hydrogen) atoms. The molecule has 10 heteroatoms. The lowest BCUT2D eigenvalue weighted by Crippen LogP contribution is -2.54. The topological polar surface area (TPSA) is 105 Å². The number of nitrogens with one attached hydrogen (secondary N) is 1. The van der Waals surface area contributed by atoms with E-state index in [1.807, 2.05) is 50.2 Å². The van der Waals surface area contributed by atoms with Crippen molar-refractivity contribution in [3.63, 3.8) is 0 Å². The molecule has 0 aliphatic rings. The van der Waals surface area contributed by atoms with Crippen molar-refractivity contribution >= 4 is 27.5 Å². The van der Waals surface area contributed by atoms with Crippen LogP contribution in [-0.2, 0) is 32.6 Å². The Morgan fingerprint density at radius 2 is 1.56 bits per heavy atom. The highest BCUT2D eigenvalue weighted by Crippen LogP contribution is 2.30. The van der Waals surface area contributed by atoms with E-state index in [4.69, 9.17) is 9.47 Å². The van der Waals surface area contributed by atoms with E-state index in [2.05, 4.69) is 5.32 Å². The molecule has 0 saturated heterocycles. The number of amides is 2. The highest BCUT2D eigenvalue weighted by atomic mass is 32.2. The molecular formula is C31H39N3O6S. The monoisotopic (exact) mass is 581 g/mol. The number of ether oxygens (including phenoxy) is 2. The normalized spacial score (nSPS) is 12.6. The number of carbonyl (C=O) groups excluding carboxylic acids is 2. The summed E-state index contributed by atoms with van der Waals surface area (Å²) in [5, 5.41) is 3.02. The minimum atomic E-state index is -3.91. The molecule has 1 N–H and O–H groups in total. The number of para-hydroxylation sites is 2. The highest BCUT2D eigenvalue weighted by molar-refractivity contribution is 7.92. The number of benzene rings is 3. The van der Waals surface area contributed by atoms with Gasteiger partial charge >= 0.3 is 0 Å². The van der Waals surface area contributed by atoms with Crippen LogP contribution in [0.4, 0.5) is 5.69 Å². The van der Waals surface area contributed by atoms with E-state index in [9.17, 15) is 18.0 Å². The van der Waals surface area contributed by atoms with Gasteiger partial charge in [-0.2, -0.15) is 0 Å². The summed E-state index contributed by atoms with van der Waals surface area (Å²) in [5.74, 6) is 0.0535. The molecule has 0 radical (unpaired) electrons. The van der Waals surface area contributed by atoms with Gasteiger partial charge in [0.1, 0.15) is 24.1 Å². The second kappa shape index (κ2) is 14.5. The summed E-state index contributed by atoms with van der Waals surface area (Å²) in [5.41, 5.74) is 1.83. The summed E-state index contributed by atoms with van der Waals surface area (Å²) in [6.07, 6.45) is 1.99. The van der Waals surface area contributed by atoms with E-state index < -0.39 is 28.5 Å². The van der Waals surface area contributed by atoms with E-state index in [0.717, 1.165) is 21.7 Å².